The summed E-state index contributed by atoms with van der Waals surface area (Å²) in [5, 5.41) is 16.5. The molecule has 0 bridgehead atoms. The van der Waals surface area contributed by atoms with Gasteiger partial charge in [0.1, 0.15) is 5.54 Å². The molecule has 1 amide bonds. The first-order valence-corrected chi connectivity index (χ1v) is 7.96. The van der Waals surface area contributed by atoms with Gasteiger partial charge >= 0.3 is 0 Å². The second kappa shape index (κ2) is 5.73. The lowest BCUT2D eigenvalue weighted by Gasteiger charge is -2.27. The molecular weight excluding hydrogens is 278 g/mol. The third-order valence-corrected chi connectivity index (χ3v) is 4.85. The SMILES string of the molecule is Cn1cc([C@@H]2CCCN2CC(=O)N[C@@](C)(C#N)C2CC2)cn1. The number of nitriles is 1. The molecule has 1 saturated heterocycles. The molecule has 0 radical (unpaired) electrons. The summed E-state index contributed by atoms with van der Waals surface area (Å²) in [6, 6.07) is 2.54. The number of nitrogens with zero attached hydrogens (tertiary/aromatic N) is 4. The average Bonchev–Trinajstić information content (AvgIpc) is 3.12. The molecule has 1 saturated carbocycles. The van der Waals surface area contributed by atoms with Gasteiger partial charge in [-0.2, -0.15) is 10.4 Å². The van der Waals surface area contributed by atoms with Gasteiger partial charge in [-0.3, -0.25) is 14.4 Å². The summed E-state index contributed by atoms with van der Waals surface area (Å²) in [6.45, 7) is 3.11. The Kier molecular flexibility index (Phi) is 3.92. The van der Waals surface area contributed by atoms with Crippen LogP contribution in [0.1, 0.15) is 44.2 Å². The maximum atomic E-state index is 12.4. The quantitative estimate of drug-likeness (QED) is 0.891. The summed E-state index contributed by atoms with van der Waals surface area (Å²) in [6.07, 6.45) is 8.11. The molecule has 1 aromatic rings. The largest absolute Gasteiger partial charge is 0.337 e. The highest BCUT2D eigenvalue weighted by molar-refractivity contribution is 5.79. The molecule has 1 aliphatic heterocycles. The fourth-order valence-corrected chi connectivity index (χ4v) is 3.40. The number of amides is 1. The molecular formula is C16H23N5O. The molecule has 3 rings (SSSR count). The van der Waals surface area contributed by atoms with Crippen molar-refractivity contribution in [2.45, 2.75) is 44.2 Å². The van der Waals surface area contributed by atoms with Crippen molar-refractivity contribution < 1.29 is 4.79 Å². The molecule has 0 aromatic carbocycles. The third kappa shape index (κ3) is 3.00. The van der Waals surface area contributed by atoms with Crippen molar-refractivity contribution in [2.24, 2.45) is 13.0 Å². The van der Waals surface area contributed by atoms with Gasteiger partial charge in [-0.05, 0) is 45.1 Å². The van der Waals surface area contributed by atoms with Crippen molar-refractivity contribution in [2.75, 3.05) is 13.1 Å². The average molecular weight is 301 g/mol. The first kappa shape index (κ1) is 15.0. The third-order valence-electron chi connectivity index (χ3n) is 4.85. The van der Waals surface area contributed by atoms with Crippen LogP contribution < -0.4 is 5.32 Å². The molecule has 6 nitrogen and oxygen atoms in total. The molecule has 0 spiro atoms. The van der Waals surface area contributed by atoms with E-state index in [2.05, 4.69) is 21.4 Å². The number of likely N-dealkylation sites (tertiary alicyclic amines) is 1. The van der Waals surface area contributed by atoms with Crippen LogP contribution in [0.3, 0.4) is 0 Å². The lowest BCUT2D eigenvalue weighted by Crippen LogP contribution is -2.50. The van der Waals surface area contributed by atoms with E-state index >= 15 is 0 Å². The van der Waals surface area contributed by atoms with Crippen LogP contribution in [0.15, 0.2) is 12.4 Å². The monoisotopic (exact) mass is 301 g/mol. The molecule has 0 unspecified atom stereocenters. The van der Waals surface area contributed by atoms with E-state index in [0.717, 1.165) is 37.8 Å². The predicted octanol–water partition coefficient (Wildman–Crippen LogP) is 1.37. The molecule has 2 fully saturated rings. The number of carbonyl (C=O) groups is 1. The molecule has 22 heavy (non-hydrogen) atoms. The summed E-state index contributed by atoms with van der Waals surface area (Å²) in [4.78, 5) is 14.6. The van der Waals surface area contributed by atoms with Crippen molar-refractivity contribution in [1.29, 1.82) is 5.26 Å². The maximum absolute atomic E-state index is 12.4. The van der Waals surface area contributed by atoms with Gasteiger partial charge in [0.15, 0.2) is 0 Å². The van der Waals surface area contributed by atoms with Gasteiger partial charge in [0.2, 0.25) is 5.91 Å². The number of aromatic nitrogens is 2. The van der Waals surface area contributed by atoms with E-state index in [-0.39, 0.29) is 11.9 Å². The van der Waals surface area contributed by atoms with Crippen molar-refractivity contribution in [3.05, 3.63) is 18.0 Å². The Morgan fingerprint density at radius 1 is 1.55 bits per heavy atom. The van der Waals surface area contributed by atoms with Crippen LogP contribution in [0.5, 0.6) is 0 Å². The normalized spacial score (nSPS) is 24.7. The minimum atomic E-state index is -0.708. The number of rotatable bonds is 5. The number of carbonyl (C=O) groups excluding carboxylic acids is 1. The highest BCUT2D eigenvalue weighted by atomic mass is 16.2. The zero-order valence-electron chi connectivity index (χ0n) is 13.2. The molecule has 1 N–H and O–H groups in total. The number of aryl methyl sites for hydroxylation is 1. The summed E-state index contributed by atoms with van der Waals surface area (Å²) in [7, 11) is 1.91. The second-order valence-corrected chi connectivity index (χ2v) is 6.71. The molecule has 2 heterocycles. The van der Waals surface area contributed by atoms with Crippen LogP contribution >= 0.6 is 0 Å². The Labute approximate surface area is 131 Å². The smallest absolute Gasteiger partial charge is 0.235 e. The van der Waals surface area contributed by atoms with E-state index in [1.165, 1.54) is 0 Å². The Hall–Kier alpha value is -1.87. The number of hydrogen-bond donors (Lipinski definition) is 1. The van der Waals surface area contributed by atoms with Gasteiger partial charge in [0, 0.05) is 24.8 Å². The topological polar surface area (TPSA) is 74.0 Å². The number of hydrogen-bond acceptors (Lipinski definition) is 4. The standard InChI is InChI=1S/C16H23N5O/c1-16(11-17,13-5-6-13)19-15(22)10-21-7-3-4-14(21)12-8-18-20(2)9-12/h8-9,13-14H,3-7,10H2,1-2H3,(H,19,22)/t14-,16-/m0/s1. The molecule has 1 aromatic heterocycles. The van der Waals surface area contributed by atoms with Crippen molar-refractivity contribution in [3.63, 3.8) is 0 Å². The first-order chi connectivity index (χ1) is 10.5. The van der Waals surface area contributed by atoms with Gasteiger partial charge in [-0.1, -0.05) is 0 Å². The zero-order chi connectivity index (χ0) is 15.7. The van der Waals surface area contributed by atoms with Gasteiger partial charge in [-0.25, -0.2) is 0 Å². The summed E-state index contributed by atoms with van der Waals surface area (Å²) >= 11 is 0. The van der Waals surface area contributed by atoms with Crippen LogP contribution in [-0.4, -0.2) is 39.2 Å². The second-order valence-electron chi connectivity index (χ2n) is 6.71. The zero-order valence-corrected chi connectivity index (χ0v) is 13.2. The maximum Gasteiger partial charge on any atom is 0.235 e. The fraction of sp³-hybridized carbons (Fsp3) is 0.688. The minimum Gasteiger partial charge on any atom is -0.337 e. The van der Waals surface area contributed by atoms with Crippen molar-refractivity contribution in [3.8, 4) is 6.07 Å². The highest BCUT2D eigenvalue weighted by Crippen LogP contribution is 2.39. The molecule has 1 aliphatic carbocycles. The van der Waals surface area contributed by atoms with Crippen LogP contribution in [0.4, 0.5) is 0 Å². The molecule has 6 heteroatoms. The first-order valence-electron chi connectivity index (χ1n) is 7.96. The van der Waals surface area contributed by atoms with E-state index in [1.807, 2.05) is 26.4 Å². The molecule has 2 atom stereocenters. The Bertz CT molecular complexity index is 600. The lowest BCUT2D eigenvalue weighted by molar-refractivity contribution is -0.123. The van der Waals surface area contributed by atoms with Crippen LogP contribution in [0, 0.1) is 17.2 Å². The van der Waals surface area contributed by atoms with Crippen molar-refractivity contribution >= 4 is 5.91 Å². The van der Waals surface area contributed by atoms with E-state index in [4.69, 9.17) is 0 Å². The Morgan fingerprint density at radius 2 is 2.32 bits per heavy atom. The Balaban J connectivity index is 1.62. The van der Waals surface area contributed by atoms with Crippen LogP contribution in [-0.2, 0) is 11.8 Å². The lowest BCUT2D eigenvalue weighted by atomic mass is 9.98. The fourth-order valence-electron chi connectivity index (χ4n) is 3.40. The van der Waals surface area contributed by atoms with E-state index < -0.39 is 5.54 Å². The Morgan fingerprint density at radius 3 is 2.91 bits per heavy atom. The molecule has 118 valence electrons. The van der Waals surface area contributed by atoms with E-state index in [9.17, 15) is 10.1 Å². The van der Waals surface area contributed by atoms with Crippen LogP contribution in [0.2, 0.25) is 0 Å². The number of nitrogens with one attached hydrogen (secondary N) is 1. The molecule has 2 aliphatic rings. The predicted molar refractivity (Wildman–Crippen MR) is 81.6 cm³/mol. The van der Waals surface area contributed by atoms with Gasteiger partial charge in [-0.15, -0.1) is 0 Å². The highest BCUT2D eigenvalue weighted by Gasteiger charge is 2.43. The van der Waals surface area contributed by atoms with Gasteiger partial charge < -0.3 is 5.32 Å². The summed E-state index contributed by atoms with van der Waals surface area (Å²) in [5.74, 6) is 0.265. The summed E-state index contributed by atoms with van der Waals surface area (Å²) < 4.78 is 1.80. The van der Waals surface area contributed by atoms with Crippen molar-refractivity contribution in [1.82, 2.24) is 20.0 Å². The van der Waals surface area contributed by atoms with E-state index in [0.29, 0.717) is 12.5 Å². The summed E-state index contributed by atoms with van der Waals surface area (Å²) in [5.41, 5.74) is 0.457. The van der Waals surface area contributed by atoms with E-state index in [1.54, 1.807) is 4.68 Å². The van der Waals surface area contributed by atoms with Gasteiger partial charge in [0.05, 0.1) is 18.8 Å². The van der Waals surface area contributed by atoms with Gasteiger partial charge in [0.25, 0.3) is 0 Å². The van der Waals surface area contributed by atoms with Crippen LogP contribution in [0.25, 0.3) is 0 Å². The minimum absolute atomic E-state index is 0.0493.